The lowest BCUT2D eigenvalue weighted by molar-refractivity contribution is -0.117. The normalized spacial score (nSPS) is 57.4. The summed E-state index contributed by atoms with van der Waals surface area (Å²) in [6.45, 7) is 2.50. The summed E-state index contributed by atoms with van der Waals surface area (Å²) in [5.74, 6) is 5.65. The zero-order chi connectivity index (χ0) is 11.5. The van der Waals surface area contributed by atoms with E-state index in [9.17, 15) is 0 Å². The maximum atomic E-state index is 2.50. The molecule has 0 aromatic carbocycles. The molecule has 17 heavy (non-hydrogen) atoms. The topological polar surface area (TPSA) is 0 Å². The van der Waals surface area contributed by atoms with Crippen LogP contribution in [0.4, 0.5) is 0 Å². The number of hydrogen-bond acceptors (Lipinski definition) is 0. The molecule has 1 spiro atoms. The van der Waals surface area contributed by atoms with Gasteiger partial charge in [0.2, 0.25) is 0 Å². The molecule has 4 bridgehead atoms. The van der Waals surface area contributed by atoms with Crippen LogP contribution in [0.5, 0.6) is 0 Å². The van der Waals surface area contributed by atoms with Gasteiger partial charge in [0.25, 0.3) is 0 Å². The molecule has 0 aliphatic heterocycles. The van der Waals surface area contributed by atoms with Gasteiger partial charge in [-0.15, -0.1) is 0 Å². The molecule has 5 aliphatic carbocycles. The minimum absolute atomic E-state index is 0.845. The molecule has 0 N–H and O–H groups in total. The van der Waals surface area contributed by atoms with Gasteiger partial charge < -0.3 is 0 Å². The molecular weight excluding hydrogens is 204 g/mol. The second-order valence-corrected chi connectivity index (χ2v) is 8.07. The van der Waals surface area contributed by atoms with Crippen LogP contribution in [0.15, 0.2) is 0 Å². The summed E-state index contributed by atoms with van der Waals surface area (Å²) in [6, 6.07) is 0. The Labute approximate surface area is 107 Å². The van der Waals surface area contributed by atoms with Crippen molar-refractivity contribution in [2.45, 2.75) is 71.1 Å². The standard InChI is InChI=1S/C17H28/c1-12-3-2-5-17(6-4-12)15-8-13-7-14(10-15)11-16(17)9-13/h12-16H,2-11H2,1H3. The monoisotopic (exact) mass is 232 g/mol. The highest BCUT2D eigenvalue weighted by molar-refractivity contribution is 5.06. The molecular formula is C17H28. The smallest absolute Gasteiger partial charge is 0.0240 e. The van der Waals surface area contributed by atoms with Crippen LogP contribution in [0.25, 0.3) is 0 Å². The summed E-state index contributed by atoms with van der Waals surface area (Å²) in [7, 11) is 0. The van der Waals surface area contributed by atoms with Crippen LogP contribution in [0.3, 0.4) is 0 Å². The van der Waals surface area contributed by atoms with E-state index in [1.54, 1.807) is 57.8 Å². The van der Waals surface area contributed by atoms with Gasteiger partial charge in [-0.25, -0.2) is 0 Å². The van der Waals surface area contributed by atoms with Gasteiger partial charge in [-0.2, -0.15) is 0 Å². The number of rotatable bonds is 0. The summed E-state index contributed by atoms with van der Waals surface area (Å²) in [5.41, 5.74) is 0.845. The molecule has 5 fully saturated rings. The third-order valence-electron chi connectivity index (χ3n) is 7.21. The number of hydrogen-bond donors (Lipinski definition) is 0. The average molecular weight is 232 g/mol. The van der Waals surface area contributed by atoms with Crippen LogP contribution in [0.1, 0.15) is 71.1 Å². The molecule has 5 rings (SSSR count). The minimum atomic E-state index is 0.845. The van der Waals surface area contributed by atoms with Crippen LogP contribution in [-0.2, 0) is 0 Å². The van der Waals surface area contributed by atoms with Crippen LogP contribution < -0.4 is 0 Å². The van der Waals surface area contributed by atoms with E-state index in [-0.39, 0.29) is 0 Å². The van der Waals surface area contributed by atoms with E-state index in [0.717, 1.165) is 35.0 Å². The molecule has 0 radical (unpaired) electrons. The summed E-state index contributed by atoms with van der Waals surface area (Å²) in [6.07, 6.45) is 15.9. The quantitative estimate of drug-likeness (QED) is 0.549. The van der Waals surface area contributed by atoms with Crippen LogP contribution >= 0.6 is 0 Å². The second kappa shape index (κ2) is 3.75. The maximum absolute atomic E-state index is 2.50. The summed E-state index contributed by atoms with van der Waals surface area (Å²) in [5, 5.41) is 0. The lowest BCUT2D eigenvalue weighted by Crippen LogP contribution is -2.52. The molecule has 0 saturated heterocycles. The van der Waals surface area contributed by atoms with E-state index in [4.69, 9.17) is 0 Å². The van der Waals surface area contributed by atoms with Crippen molar-refractivity contribution in [3.63, 3.8) is 0 Å². The summed E-state index contributed by atoms with van der Waals surface area (Å²) in [4.78, 5) is 0. The predicted molar refractivity (Wildman–Crippen MR) is 71.7 cm³/mol. The van der Waals surface area contributed by atoms with E-state index >= 15 is 0 Å². The highest BCUT2D eigenvalue weighted by atomic mass is 14.6. The van der Waals surface area contributed by atoms with Gasteiger partial charge >= 0.3 is 0 Å². The predicted octanol–water partition coefficient (Wildman–Crippen LogP) is 5.03. The lowest BCUT2D eigenvalue weighted by atomic mass is 9.43. The zero-order valence-corrected chi connectivity index (χ0v) is 11.5. The van der Waals surface area contributed by atoms with Crippen molar-refractivity contribution in [2.75, 3.05) is 0 Å². The average Bonchev–Trinajstić information content (AvgIpc) is 2.49. The van der Waals surface area contributed by atoms with E-state index in [1.165, 1.54) is 6.42 Å². The molecule has 0 heterocycles. The Hall–Kier alpha value is 0. The Bertz CT molecular complexity index is 275. The van der Waals surface area contributed by atoms with Gasteiger partial charge in [0.1, 0.15) is 0 Å². The molecule has 0 amide bonds. The van der Waals surface area contributed by atoms with Gasteiger partial charge in [0.05, 0.1) is 0 Å². The Morgan fingerprint density at radius 1 is 0.765 bits per heavy atom. The van der Waals surface area contributed by atoms with Gasteiger partial charge in [-0.05, 0) is 80.0 Å². The van der Waals surface area contributed by atoms with E-state index in [0.29, 0.717) is 0 Å². The van der Waals surface area contributed by atoms with Gasteiger partial charge in [-0.1, -0.05) is 26.2 Å². The van der Waals surface area contributed by atoms with E-state index in [1.807, 2.05) is 0 Å². The molecule has 0 aromatic heterocycles. The van der Waals surface area contributed by atoms with Crippen molar-refractivity contribution in [2.24, 2.45) is 35.0 Å². The van der Waals surface area contributed by atoms with Gasteiger partial charge in [-0.3, -0.25) is 0 Å². The van der Waals surface area contributed by atoms with Crippen molar-refractivity contribution in [1.82, 2.24) is 0 Å². The van der Waals surface area contributed by atoms with E-state index < -0.39 is 0 Å². The Morgan fingerprint density at radius 2 is 1.41 bits per heavy atom. The van der Waals surface area contributed by atoms with Crippen LogP contribution in [0, 0.1) is 35.0 Å². The van der Waals surface area contributed by atoms with Gasteiger partial charge in [0, 0.05) is 0 Å². The third kappa shape index (κ3) is 1.55. The fraction of sp³-hybridized carbons (Fsp3) is 1.00. The molecule has 96 valence electrons. The molecule has 0 heteroatoms. The van der Waals surface area contributed by atoms with Crippen molar-refractivity contribution >= 4 is 0 Å². The fourth-order valence-corrected chi connectivity index (χ4v) is 6.50. The Balaban J connectivity index is 1.63. The van der Waals surface area contributed by atoms with Crippen molar-refractivity contribution < 1.29 is 0 Å². The second-order valence-electron chi connectivity index (χ2n) is 8.07. The maximum Gasteiger partial charge on any atom is -0.0240 e. The minimum Gasteiger partial charge on any atom is -0.0625 e. The largest absolute Gasteiger partial charge is 0.0625 e. The first-order valence-corrected chi connectivity index (χ1v) is 8.26. The van der Waals surface area contributed by atoms with Crippen LogP contribution in [-0.4, -0.2) is 0 Å². The lowest BCUT2D eigenvalue weighted by Gasteiger charge is -2.62. The SMILES string of the molecule is CC1CCCC2(CC1)C1CC3CC(C1)CC2C3. The molecule has 5 saturated carbocycles. The van der Waals surface area contributed by atoms with Crippen molar-refractivity contribution in [3.05, 3.63) is 0 Å². The van der Waals surface area contributed by atoms with Crippen LogP contribution in [0.2, 0.25) is 0 Å². The Morgan fingerprint density at radius 3 is 2.06 bits per heavy atom. The molecule has 1 unspecified atom stereocenters. The summed E-state index contributed by atoms with van der Waals surface area (Å²) >= 11 is 0. The molecule has 0 aromatic rings. The van der Waals surface area contributed by atoms with Crippen molar-refractivity contribution in [1.29, 1.82) is 0 Å². The first kappa shape index (κ1) is 10.9. The zero-order valence-electron chi connectivity index (χ0n) is 11.5. The fourth-order valence-electron chi connectivity index (χ4n) is 6.50. The molecule has 1 atom stereocenters. The summed E-state index contributed by atoms with van der Waals surface area (Å²) < 4.78 is 0. The first-order chi connectivity index (χ1) is 8.26. The van der Waals surface area contributed by atoms with E-state index in [2.05, 4.69) is 6.92 Å². The van der Waals surface area contributed by atoms with Crippen molar-refractivity contribution in [3.8, 4) is 0 Å². The first-order valence-electron chi connectivity index (χ1n) is 8.26. The highest BCUT2D eigenvalue weighted by Gasteiger charge is 2.56. The highest BCUT2D eigenvalue weighted by Crippen LogP contribution is 2.66. The van der Waals surface area contributed by atoms with Gasteiger partial charge in [0.15, 0.2) is 0 Å². The Kier molecular flexibility index (Phi) is 2.40. The third-order valence-corrected chi connectivity index (χ3v) is 7.21. The molecule has 5 aliphatic rings. The molecule has 0 nitrogen and oxygen atoms in total.